The fourth-order valence-corrected chi connectivity index (χ4v) is 4.76. The van der Waals surface area contributed by atoms with Crippen molar-refractivity contribution in [2.75, 3.05) is 33.9 Å². The van der Waals surface area contributed by atoms with Gasteiger partial charge in [0.25, 0.3) is 0 Å². The second-order valence-electron chi connectivity index (χ2n) is 8.15. The Labute approximate surface area is 197 Å². The van der Waals surface area contributed by atoms with Gasteiger partial charge in [-0.05, 0) is 61.4 Å². The summed E-state index contributed by atoms with van der Waals surface area (Å²) in [6, 6.07) is 9.88. The van der Waals surface area contributed by atoms with Crippen molar-refractivity contribution < 1.29 is 18.8 Å². The molecule has 3 aromatic rings. The summed E-state index contributed by atoms with van der Waals surface area (Å²) in [5.41, 5.74) is 1.16. The van der Waals surface area contributed by atoms with Gasteiger partial charge >= 0.3 is 0 Å². The van der Waals surface area contributed by atoms with Crippen molar-refractivity contribution in [1.82, 2.24) is 20.4 Å². The number of nitrogens with one attached hydrogen (secondary N) is 1. The highest BCUT2D eigenvalue weighted by molar-refractivity contribution is 7.13. The lowest BCUT2D eigenvalue weighted by molar-refractivity contribution is -0.126. The molecule has 0 aliphatic carbocycles. The lowest BCUT2D eigenvalue weighted by Crippen LogP contribution is -2.43. The maximum Gasteiger partial charge on any atom is 0.241 e. The first-order valence-electron chi connectivity index (χ1n) is 11.2. The molecule has 1 N–H and O–H groups in total. The lowest BCUT2D eigenvalue weighted by Gasteiger charge is -2.30. The summed E-state index contributed by atoms with van der Waals surface area (Å²) in [6.45, 7) is 2.86. The molecule has 1 saturated heterocycles. The van der Waals surface area contributed by atoms with Gasteiger partial charge in [-0.15, -0.1) is 11.3 Å². The Bertz CT molecular complexity index is 1040. The van der Waals surface area contributed by atoms with Gasteiger partial charge < -0.3 is 19.3 Å². The van der Waals surface area contributed by atoms with Crippen molar-refractivity contribution in [2.24, 2.45) is 5.92 Å². The van der Waals surface area contributed by atoms with Crippen LogP contribution < -0.4 is 14.8 Å². The van der Waals surface area contributed by atoms with Crippen LogP contribution in [0.2, 0.25) is 0 Å². The van der Waals surface area contributed by atoms with E-state index in [1.807, 2.05) is 35.7 Å². The van der Waals surface area contributed by atoms with Crippen LogP contribution in [0.5, 0.6) is 11.5 Å². The Balaban J connectivity index is 1.21. The van der Waals surface area contributed by atoms with E-state index in [0.717, 1.165) is 54.2 Å². The average molecular weight is 471 g/mol. The predicted octanol–water partition coefficient (Wildman–Crippen LogP) is 3.78. The first-order chi connectivity index (χ1) is 16.2. The summed E-state index contributed by atoms with van der Waals surface area (Å²) in [5.74, 6) is 2.77. The summed E-state index contributed by atoms with van der Waals surface area (Å²) in [4.78, 5) is 20.4. The summed E-state index contributed by atoms with van der Waals surface area (Å²) >= 11 is 1.59. The molecule has 0 radical (unpaired) electrons. The van der Waals surface area contributed by atoms with Crippen molar-refractivity contribution in [3.63, 3.8) is 0 Å². The molecule has 176 valence electrons. The van der Waals surface area contributed by atoms with E-state index in [2.05, 4.69) is 20.4 Å². The predicted molar refractivity (Wildman–Crippen MR) is 126 cm³/mol. The minimum atomic E-state index is -0.0143. The zero-order chi connectivity index (χ0) is 23.0. The number of nitrogens with zero attached hydrogens (tertiary/aromatic N) is 3. The number of aryl methyl sites for hydroxylation is 1. The quantitative estimate of drug-likeness (QED) is 0.451. The van der Waals surface area contributed by atoms with E-state index in [4.69, 9.17) is 14.0 Å². The van der Waals surface area contributed by atoms with E-state index in [1.165, 1.54) is 0 Å². The Kier molecular flexibility index (Phi) is 7.96. The van der Waals surface area contributed by atoms with Gasteiger partial charge in [0.2, 0.25) is 17.6 Å². The molecule has 1 fully saturated rings. The van der Waals surface area contributed by atoms with Crippen molar-refractivity contribution in [3.05, 3.63) is 47.2 Å². The van der Waals surface area contributed by atoms with Crippen molar-refractivity contribution >= 4 is 17.2 Å². The number of amides is 1. The maximum atomic E-state index is 12.7. The van der Waals surface area contributed by atoms with E-state index in [1.54, 1.807) is 25.6 Å². The molecule has 1 amide bonds. The fourth-order valence-electron chi connectivity index (χ4n) is 4.11. The van der Waals surface area contributed by atoms with Gasteiger partial charge in [0.05, 0.1) is 31.6 Å². The van der Waals surface area contributed by atoms with Gasteiger partial charge in [0, 0.05) is 13.1 Å². The van der Waals surface area contributed by atoms with Crippen molar-refractivity contribution in [1.29, 1.82) is 0 Å². The van der Waals surface area contributed by atoms with Crippen LogP contribution in [-0.4, -0.2) is 54.8 Å². The topological polar surface area (TPSA) is 89.7 Å². The van der Waals surface area contributed by atoms with Crippen LogP contribution in [0.15, 0.2) is 40.2 Å². The number of aromatic nitrogens is 2. The van der Waals surface area contributed by atoms with Crippen molar-refractivity contribution in [2.45, 2.75) is 32.2 Å². The third kappa shape index (κ3) is 6.11. The van der Waals surface area contributed by atoms with Gasteiger partial charge in [-0.2, -0.15) is 4.98 Å². The normalized spacial score (nSPS) is 16.5. The summed E-state index contributed by atoms with van der Waals surface area (Å²) < 4.78 is 16.1. The van der Waals surface area contributed by atoms with Crippen molar-refractivity contribution in [3.8, 4) is 22.2 Å². The summed E-state index contributed by atoms with van der Waals surface area (Å²) in [7, 11) is 3.26. The number of piperidine rings is 1. The molecule has 1 unspecified atom stereocenters. The van der Waals surface area contributed by atoms with E-state index in [0.29, 0.717) is 31.3 Å². The first kappa shape index (κ1) is 23.3. The van der Waals surface area contributed by atoms with E-state index >= 15 is 0 Å². The molecule has 8 nitrogen and oxygen atoms in total. The number of thiophene rings is 1. The maximum absolute atomic E-state index is 12.7. The molecule has 2 aromatic heterocycles. The first-order valence-corrected chi connectivity index (χ1v) is 12.1. The molecular weight excluding hydrogens is 440 g/mol. The van der Waals surface area contributed by atoms with Gasteiger partial charge in [-0.3, -0.25) is 9.69 Å². The molecular formula is C24H30N4O4S. The molecule has 9 heteroatoms. The van der Waals surface area contributed by atoms with Crippen LogP contribution in [0, 0.1) is 5.92 Å². The molecule has 4 rings (SSSR count). The summed E-state index contributed by atoms with van der Waals surface area (Å²) in [6.07, 6.45) is 3.62. The van der Waals surface area contributed by atoms with E-state index in [9.17, 15) is 4.79 Å². The Morgan fingerprint density at radius 2 is 2.15 bits per heavy atom. The molecule has 1 aliphatic heterocycles. The minimum absolute atomic E-state index is 0.0143. The number of carbonyl (C=O) groups excluding carboxylic acids is 1. The third-order valence-electron chi connectivity index (χ3n) is 5.83. The van der Waals surface area contributed by atoms with Gasteiger partial charge in [0.1, 0.15) is 0 Å². The molecule has 1 aliphatic rings. The summed E-state index contributed by atoms with van der Waals surface area (Å²) in [5, 5.41) is 9.18. The van der Waals surface area contributed by atoms with Crippen LogP contribution in [-0.2, 0) is 17.8 Å². The standard InChI is InChI=1S/C24H30N4O4S/c1-30-19-10-9-17(14-20(19)31-2)6-3-11-25-24(29)18-7-4-12-28(15-18)16-22-26-23(27-32-22)21-8-5-13-33-21/h5,8-10,13-14,18H,3-4,6-7,11-12,15-16H2,1-2H3,(H,25,29). The molecule has 1 aromatic carbocycles. The van der Waals surface area contributed by atoms with Gasteiger partial charge in [-0.1, -0.05) is 17.3 Å². The lowest BCUT2D eigenvalue weighted by atomic mass is 9.97. The molecule has 0 spiro atoms. The molecule has 33 heavy (non-hydrogen) atoms. The number of methoxy groups -OCH3 is 2. The Morgan fingerprint density at radius 1 is 1.27 bits per heavy atom. The van der Waals surface area contributed by atoms with Crippen LogP contribution in [0.4, 0.5) is 0 Å². The monoisotopic (exact) mass is 470 g/mol. The smallest absolute Gasteiger partial charge is 0.241 e. The van der Waals surface area contributed by atoms with Crippen LogP contribution >= 0.6 is 11.3 Å². The zero-order valence-electron chi connectivity index (χ0n) is 19.1. The zero-order valence-corrected chi connectivity index (χ0v) is 19.9. The minimum Gasteiger partial charge on any atom is -0.493 e. The van der Waals surface area contributed by atoms with E-state index < -0.39 is 0 Å². The highest BCUT2D eigenvalue weighted by atomic mass is 32.1. The van der Waals surface area contributed by atoms with Crippen LogP contribution in [0.1, 0.15) is 30.7 Å². The molecule has 3 heterocycles. The second kappa shape index (κ2) is 11.3. The SMILES string of the molecule is COc1ccc(CCCNC(=O)C2CCCN(Cc3nc(-c4cccs4)no3)C2)cc1OC. The number of benzene rings is 1. The van der Waals surface area contributed by atoms with Crippen LogP contribution in [0.25, 0.3) is 10.7 Å². The number of hydrogen-bond acceptors (Lipinski definition) is 8. The average Bonchev–Trinajstić information content (AvgIpc) is 3.54. The highest BCUT2D eigenvalue weighted by Crippen LogP contribution is 2.28. The third-order valence-corrected chi connectivity index (χ3v) is 6.70. The largest absolute Gasteiger partial charge is 0.493 e. The number of carbonyl (C=O) groups is 1. The fraction of sp³-hybridized carbons (Fsp3) is 0.458. The molecule has 0 bridgehead atoms. The van der Waals surface area contributed by atoms with Gasteiger partial charge in [0.15, 0.2) is 11.5 Å². The van der Waals surface area contributed by atoms with E-state index in [-0.39, 0.29) is 11.8 Å². The Morgan fingerprint density at radius 3 is 2.94 bits per heavy atom. The number of rotatable bonds is 10. The highest BCUT2D eigenvalue weighted by Gasteiger charge is 2.26. The molecule has 0 saturated carbocycles. The molecule has 1 atom stereocenters. The number of ether oxygens (including phenoxy) is 2. The van der Waals surface area contributed by atoms with Gasteiger partial charge in [-0.25, -0.2) is 0 Å². The second-order valence-corrected chi connectivity index (χ2v) is 9.09. The Hall–Kier alpha value is -2.91. The number of hydrogen-bond donors (Lipinski definition) is 1. The number of likely N-dealkylation sites (tertiary alicyclic amines) is 1. The van der Waals surface area contributed by atoms with Crippen LogP contribution in [0.3, 0.4) is 0 Å².